The third-order valence-corrected chi connectivity index (χ3v) is 5.87. The topological polar surface area (TPSA) is 127 Å². The average molecular weight is 583 g/mol. The first-order valence-electron chi connectivity index (χ1n) is 11.4. The van der Waals surface area contributed by atoms with E-state index < -0.39 is 11.8 Å². The van der Waals surface area contributed by atoms with E-state index in [1.807, 2.05) is 32.0 Å². The van der Waals surface area contributed by atoms with E-state index in [0.717, 1.165) is 16.8 Å². The molecule has 0 heterocycles. The number of halogens is 1. The summed E-state index contributed by atoms with van der Waals surface area (Å²) in [6.07, 6.45) is 1.34. The lowest BCUT2D eigenvalue weighted by Gasteiger charge is -2.15. The lowest BCUT2D eigenvalue weighted by molar-refractivity contribution is -0.136. The van der Waals surface area contributed by atoms with Gasteiger partial charge in [-0.2, -0.15) is 5.10 Å². The molecule has 0 saturated carbocycles. The highest BCUT2D eigenvalue weighted by Crippen LogP contribution is 2.36. The van der Waals surface area contributed by atoms with Crippen molar-refractivity contribution in [2.24, 2.45) is 5.10 Å². The summed E-state index contributed by atoms with van der Waals surface area (Å²) in [6.45, 7) is 3.59. The van der Waals surface area contributed by atoms with Crippen molar-refractivity contribution in [1.82, 2.24) is 5.43 Å². The highest BCUT2D eigenvalue weighted by atomic mass is 79.9. The summed E-state index contributed by atoms with van der Waals surface area (Å²) in [5, 5.41) is 9.16. The Morgan fingerprint density at radius 2 is 1.61 bits per heavy atom. The predicted molar refractivity (Wildman–Crippen MR) is 148 cm³/mol. The molecule has 0 spiro atoms. The first-order chi connectivity index (χ1) is 18.2. The summed E-state index contributed by atoms with van der Waals surface area (Å²) in [5.41, 5.74) is 5.79. The molecule has 0 aliphatic carbocycles. The van der Waals surface area contributed by atoms with Crippen molar-refractivity contribution in [3.05, 3.63) is 75.8 Å². The zero-order chi connectivity index (χ0) is 27.7. The van der Waals surface area contributed by atoms with Crippen LogP contribution in [-0.2, 0) is 14.4 Å². The summed E-state index contributed by atoms with van der Waals surface area (Å²) >= 11 is 3.41. The summed E-state index contributed by atoms with van der Waals surface area (Å²) in [7, 11) is 2.98. The number of anilines is 2. The molecule has 0 aromatic heterocycles. The maximum atomic E-state index is 12.5. The van der Waals surface area contributed by atoms with Crippen molar-refractivity contribution in [2.75, 3.05) is 31.5 Å². The van der Waals surface area contributed by atoms with Crippen molar-refractivity contribution < 1.29 is 28.6 Å². The number of rotatable bonds is 9. The second kappa shape index (κ2) is 13.2. The minimum absolute atomic E-state index is 0.241. The molecule has 3 aromatic rings. The van der Waals surface area contributed by atoms with Gasteiger partial charge in [0.2, 0.25) is 0 Å². The van der Waals surface area contributed by atoms with Gasteiger partial charge >= 0.3 is 11.8 Å². The van der Waals surface area contributed by atoms with Crippen LogP contribution < -0.4 is 30.3 Å². The van der Waals surface area contributed by atoms with E-state index in [1.165, 1.54) is 20.4 Å². The van der Waals surface area contributed by atoms with E-state index >= 15 is 0 Å². The molecule has 198 valence electrons. The van der Waals surface area contributed by atoms with Gasteiger partial charge in [-0.15, -0.1) is 0 Å². The van der Waals surface area contributed by atoms with E-state index in [-0.39, 0.29) is 12.5 Å². The average Bonchev–Trinajstić information content (AvgIpc) is 2.90. The Labute approximate surface area is 228 Å². The van der Waals surface area contributed by atoms with Crippen LogP contribution in [0.25, 0.3) is 0 Å². The van der Waals surface area contributed by atoms with Crippen LogP contribution in [0, 0.1) is 13.8 Å². The third-order valence-electron chi connectivity index (χ3n) is 5.28. The largest absolute Gasteiger partial charge is 0.497 e. The van der Waals surface area contributed by atoms with Crippen molar-refractivity contribution in [3.63, 3.8) is 0 Å². The van der Waals surface area contributed by atoms with Gasteiger partial charge in [-0.25, -0.2) is 5.43 Å². The Kier molecular flexibility index (Phi) is 9.83. The summed E-state index contributed by atoms with van der Waals surface area (Å²) in [6, 6.07) is 15.5. The number of carbonyl (C=O) groups is 3. The number of hydrogen-bond donors (Lipinski definition) is 3. The quantitative estimate of drug-likeness (QED) is 0.197. The molecule has 11 heteroatoms. The van der Waals surface area contributed by atoms with E-state index in [0.29, 0.717) is 33.0 Å². The minimum atomic E-state index is -0.946. The van der Waals surface area contributed by atoms with Crippen molar-refractivity contribution in [2.45, 2.75) is 13.8 Å². The lowest BCUT2D eigenvalue weighted by atomic mass is 10.1. The monoisotopic (exact) mass is 582 g/mol. The molecule has 3 amide bonds. The molecule has 3 N–H and O–H groups in total. The molecular formula is C27H27BrN4O6. The number of aryl methyl sites for hydroxylation is 2. The van der Waals surface area contributed by atoms with Gasteiger partial charge in [0.1, 0.15) is 5.75 Å². The number of para-hydroxylation sites is 1. The molecule has 0 unspecified atom stereocenters. The van der Waals surface area contributed by atoms with Gasteiger partial charge in [-0.1, -0.05) is 18.2 Å². The molecule has 10 nitrogen and oxygen atoms in total. The highest BCUT2D eigenvalue weighted by Gasteiger charge is 2.15. The predicted octanol–water partition coefficient (Wildman–Crippen LogP) is 4.19. The first kappa shape index (κ1) is 28.2. The maximum Gasteiger partial charge on any atom is 0.329 e. The number of hydrazone groups is 1. The van der Waals surface area contributed by atoms with E-state index in [1.54, 1.807) is 36.4 Å². The second-order valence-corrected chi connectivity index (χ2v) is 8.87. The summed E-state index contributed by atoms with van der Waals surface area (Å²) < 4.78 is 16.7. The van der Waals surface area contributed by atoms with Gasteiger partial charge in [-0.05, 0) is 82.9 Å². The Bertz CT molecular complexity index is 1340. The van der Waals surface area contributed by atoms with Gasteiger partial charge in [0.05, 0.1) is 24.9 Å². The van der Waals surface area contributed by atoms with Gasteiger partial charge < -0.3 is 24.8 Å². The number of hydrogen-bond acceptors (Lipinski definition) is 7. The number of nitrogens with one attached hydrogen (secondary N) is 3. The molecule has 0 aliphatic heterocycles. The standard InChI is InChI=1S/C27H27BrN4O6/c1-16-6-5-7-17(2)24(16)31-23(33)15-38-25-21(28)12-18(13-22(25)37-4)14-29-32-27(35)26(34)30-19-8-10-20(36-3)11-9-19/h5-14H,15H2,1-4H3,(H,30,34)(H,31,33)(H,32,35)/b29-14-. The second-order valence-electron chi connectivity index (χ2n) is 8.02. The van der Waals surface area contributed by atoms with Gasteiger partial charge in [0.15, 0.2) is 18.1 Å². The molecule has 0 aliphatic rings. The molecule has 0 fully saturated rings. The SMILES string of the molecule is COc1ccc(NC(=O)C(=O)N/N=C\c2cc(Br)c(OCC(=O)Nc3c(C)cccc3C)c(OC)c2)cc1. The molecule has 0 saturated heterocycles. The minimum Gasteiger partial charge on any atom is -0.497 e. The Morgan fingerprint density at radius 1 is 0.921 bits per heavy atom. The molecule has 0 atom stereocenters. The van der Waals surface area contributed by atoms with Crippen LogP contribution in [0.3, 0.4) is 0 Å². The normalized spacial score (nSPS) is 10.6. The first-order valence-corrected chi connectivity index (χ1v) is 12.2. The molecule has 38 heavy (non-hydrogen) atoms. The zero-order valence-corrected chi connectivity index (χ0v) is 22.8. The number of ether oxygens (including phenoxy) is 3. The third kappa shape index (κ3) is 7.56. The fraction of sp³-hybridized carbons (Fsp3) is 0.185. The van der Waals surface area contributed by atoms with Gasteiger partial charge in [0, 0.05) is 11.4 Å². The van der Waals surface area contributed by atoms with Crippen LogP contribution in [0.1, 0.15) is 16.7 Å². The molecule has 0 radical (unpaired) electrons. The number of nitrogens with zero attached hydrogens (tertiary/aromatic N) is 1. The van der Waals surface area contributed by atoms with Crippen molar-refractivity contribution in [1.29, 1.82) is 0 Å². The van der Waals surface area contributed by atoms with Crippen molar-refractivity contribution >= 4 is 51.2 Å². The van der Waals surface area contributed by atoms with Gasteiger partial charge in [0.25, 0.3) is 5.91 Å². The van der Waals surface area contributed by atoms with E-state index in [4.69, 9.17) is 14.2 Å². The summed E-state index contributed by atoms with van der Waals surface area (Å²) in [5.74, 6) is -0.867. The Balaban J connectivity index is 1.58. The molecule has 3 aromatic carbocycles. The fourth-order valence-electron chi connectivity index (χ4n) is 3.36. The van der Waals surface area contributed by atoms with Gasteiger partial charge in [-0.3, -0.25) is 14.4 Å². The van der Waals surface area contributed by atoms with Crippen LogP contribution in [0.15, 0.2) is 64.2 Å². The van der Waals surface area contributed by atoms with Crippen LogP contribution in [-0.4, -0.2) is 44.8 Å². The number of methoxy groups -OCH3 is 2. The number of carbonyl (C=O) groups excluding carboxylic acids is 3. The maximum absolute atomic E-state index is 12.5. The number of amides is 3. The Morgan fingerprint density at radius 3 is 2.24 bits per heavy atom. The van der Waals surface area contributed by atoms with Crippen LogP contribution in [0.4, 0.5) is 11.4 Å². The number of benzene rings is 3. The van der Waals surface area contributed by atoms with E-state index in [9.17, 15) is 14.4 Å². The Hall–Kier alpha value is -4.38. The highest BCUT2D eigenvalue weighted by molar-refractivity contribution is 9.10. The summed E-state index contributed by atoms with van der Waals surface area (Å²) in [4.78, 5) is 36.6. The van der Waals surface area contributed by atoms with E-state index in [2.05, 4.69) is 37.1 Å². The van der Waals surface area contributed by atoms with Crippen LogP contribution >= 0.6 is 15.9 Å². The van der Waals surface area contributed by atoms with Crippen LogP contribution in [0.2, 0.25) is 0 Å². The molecule has 3 rings (SSSR count). The molecule has 0 bridgehead atoms. The smallest absolute Gasteiger partial charge is 0.329 e. The lowest BCUT2D eigenvalue weighted by Crippen LogP contribution is -2.32. The van der Waals surface area contributed by atoms with Crippen LogP contribution in [0.5, 0.6) is 17.2 Å². The zero-order valence-electron chi connectivity index (χ0n) is 21.3. The fourth-order valence-corrected chi connectivity index (χ4v) is 3.93. The molecular weight excluding hydrogens is 556 g/mol. The van der Waals surface area contributed by atoms with Crippen molar-refractivity contribution in [3.8, 4) is 17.2 Å².